The zero-order chi connectivity index (χ0) is 16.9. The van der Waals surface area contributed by atoms with Gasteiger partial charge in [-0.2, -0.15) is 0 Å². The van der Waals surface area contributed by atoms with Crippen LogP contribution in [0.25, 0.3) is 11.3 Å². The number of nitrogens with zero attached hydrogens (tertiary/aromatic N) is 2. The first-order chi connectivity index (χ1) is 11.6. The standard InChI is InChI=1S/C18H15FN4O/c19-14-3-1-2-12(10-14)11-22-18-15(17(20)24)4-5-16(23-18)13-6-8-21-9-7-13/h1-10H,11H2,(H2,20,24)(H,22,23). The SMILES string of the molecule is NC(=O)c1ccc(-c2ccncc2)nc1NCc1cccc(F)c1. The first-order valence-electron chi connectivity index (χ1n) is 7.33. The molecule has 0 fully saturated rings. The summed E-state index contributed by atoms with van der Waals surface area (Å²) in [5, 5.41) is 3.05. The van der Waals surface area contributed by atoms with Crippen LogP contribution in [0.3, 0.4) is 0 Å². The van der Waals surface area contributed by atoms with E-state index in [0.29, 0.717) is 18.1 Å². The lowest BCUT2D eigenvalue weighted by molar-refractivity contribution is 0.100. The summed E-state index contributed by atoms with van der Waals surface area (Å²) >= 11 is 0. The maximum Gasteiger partial charge on any atom is 0.252 e. The number of aromatic nitrogens is 2. The molecule has 2 aromatic heterocycles. The van der Waals surface area contributed by atoms with Gasteiger partial charge >= 0.3 is 0 Å². The lowest BCUT2D eigenvalue weighted by Crippen LogP contribution is -2.15. The Morgan fingerprint density at radius 1 is 1.12 bits per heavy atom. The van der Waals surface area contributed by atoms with Crippen molar-refractivity contribution in [3.8, 4) is 11.3 Å². The third-order valence-corrected chi connectivity index (χ3v) is 3.49. The topological polar surface area (TPSA) is 80.9 Å². The third-order valence-electron chi connectivity index (χ3n) is 3.49. The second-order valence-corrected chi connectivity index (χ2v) is 5.18. The van der Waals surface area contributed by atoms with Gasteiger partial charge in [0.25, 0.3) is 5.91 Å². The van der Waals surface area contributed by atoms with Crippen molar-refractivity contribution >= 4 is 11.7 Å². The summed E-state index contributed by atoms with van der Waals surface area (Å²) in [6, 6.07) is 13.2. The number of amides is 1. The number of halogens is 1. The number of carbonyl (C=O) groups is 1. The Kier molecular flexibility index (Phi) is 4.47. The Balaban J connectivity index is 1.90. The van der Waals surface area contributed by atoms with Gasteiger partial charge in [-0.05, 0) is 42.0 Å². The summed E-state index contributed by atoms with van der Waals surface area (Å²) in [5.74, 6) is -0.533. The summed E-state index contributed by atoms with van der Waals surface area (Å²) in [4.78, 5) is 20.0. The van der Waals surface area contributed by atoms with Crippen LogP contribution in [0.5, 0.6) is 0 Å². The molecule has 5 nitrogen and oxygen atoms in total. The molecule has 6 heteroatoms. The van der Waals surface area contributed by atoms with Crippen LogP contribution in [0.1, 0.15) is 15.9 Å². The van der Waals surface area contributed by atoms with E-state index < -0.39 is 5.91 Å². The molecular weight excluding hydrogens is 307 g/mol. The van der Waals surface area contributed by atoms with Crippen LogP contribution in [0.15, 0.2) is 60.9 Å². The van der Waals surface area contributed by atoms with Crippen LogP contribution in [0, 0.1) is 5.82 Å². The molecule has 3 N–H and O–H groups in total. The summed E-state index contributed by atoms with van der Waals surface area (Å²) in [7, 11) is 0. The van der Waals surface area contributed by atoms with Gasteiger partial charge in [0, 0.05) is 24.5 Å². The molecule has 3 rings (SSSR count). The van der Waals surface area contributed by atoms with Crippen LogP contribution < -0.4 is 11.1 Å². The molecule has 0 saturated heterocycles. The summed E-state index contributed by atoms with van der Waals surface area (Å²) in [5.41, 5.74) is 7.98. The number of benzene rings is 1. The quantitative estimate of drug-likeness (QED) is 0.756. The molecule has 0 unspecified atom stereocenters. The number of hydrogen-bond acceptors (Lipinski definition) is 4. The minimum atomic E-state index is -0.578. The van der Waals surface area contributed by atoms with Crippen molar-refractivity contribution in [2.45, 2.75) is 6.54 Å². The molecule has 0 aliphatic rings. The van der Waals surface area contributed by atoms with E-state index in [4.69, 9.17) is 5.73 Å². The number of carbonyl (C=O) groups excluding carboxylic acids is 1. The third kappa shape index (κ3) is 3.55. The van der Waals surface area contributed by atoms with E-state index in [1.54, 1.807) is 36.7 Å². The second kappa shape index (κ2) is 6.87. The monoisotopic (exact) mass is 322 g/mol. The molecule has 0 atom stereocenters. The molecule has 0 aliphatic carbocycles. The summed E-state index contributed by atoms with van der Waals surface area (Å²) in [6.07, 6.45) is 3.33. The summed E-state index contributed by atoms with van der Waals surface area (Å²) < 4.78 is 13.3. The number of rotatable bonds is 5. The Morgan fingerprint density at radius 2 is 1.92 bits per heavy atom. The molecule has 24 heavy (non-hydrogen) atoms. The molecule has 120 valence electrons. The fraction of sp³-hybridized carbons (Fsp3) is 0.0556. The molecule has 1 amide bonds. The number of primary amides is 1. The smallest absolute Gasteiger partial charge is 0.252 e. The van der Waals surface area contributed by atoms with Crippen LogP contribution in [-0.4, -0.2) is 15.9 Å². The van der Waals surface area contributed by atoms with Gasteiger partial charge < -0.3 is 11.1 Å². The largest absolute Gasteiger partial charge is 0.365 e. The van der Waals surface area contributed by atoms with Crippen LogP contribution in [0.4, 0.5) is 10.2 Å². The van der Waals surface area contributed by atoms with Gasteiger partial charge in [-0.25, -0.2) is 9.37 Å². The highest BCUT2D eigenvalue weighted by molar-refractivity contribution is 5.98. The van der Waals surface area contributed by atoms with E-state index in [9.17, 15) is 9.18 Å². The van der Waals surface area contributed by atoms with Crippen molar-refractivity contribution in [2.75, 3.05) is 5.32 Å². The maximum atomic E-state index is 13.3. The van der Waals surface area contributed by atoms with E-state index in [-0.39, 0.29) is 11.4 Å². The van der Waals surface area contributed by atoms with Crippen molar-refractivity contribution in [3.05, 3.63) is 77.9 Å². The van der Waals surface area contributed by atoms with E-state index in [2.05, 4.69) is 15.3 Å². The minimum absolute atomic E-state index is 0.282. The Hall–Kier alpha value is -3.28. The van der Waals surface area contributed by atoms with Crippen LogP contribution in [-0.2, 0) is 6.54 Å². The summed E-state index contributed by atoms with van der Waals surface area (Å²) in [6.45, 7) is 0.324. The highest BCUT2D eigenvalue weighted by atomic mass is 19.1. The van der Waals surface area contributed by atoms with Crippen molar-refractivity contribution in [1.29, 1.82) is 0 Å². The first-order valence-corrected chi connectivity index (χ1v) is 7.33. The van der Waals surface area contributed by atoms with Crippen molar-refractivity contribution in [2.24, 2.45) is 5.73 Å². The van der Waals surface area contributed by atoms with Gasteiger partial charge in [0.15, 0.2) is 0 Å². The zero-order valence-corrected chi connectivity index (χ0v) is 12.7. The van der Waals surface area contributed by atoms with Gasteiger partial charge in [0.1, 0.15) is 11.6 Å². The highest BCUT2D eigenvalue weighted by Gasteiger charge is 2.12. The van der Waals surface area contributed by atoms with Crippen molar-refractivity contribution in [1.82, 2.24) is 9.97 Å². The van der Waals surface area contributed by atoms with E-state index in [1.165, 1.54) is 12.1 Å². The fourth-order valence-electron chi connectivity index (χ4n) is 2.31. The molecular formula is C18H15FN4O. The normalized spacial score (nSPS) is 10.4. The number of nitrogens with one attached hydrogen (secondary N) is 1. The van der Waals surface area contributed by atoms with Crippen LogP contribution >= 0.6 is 0 Å². The minimum Gasteiger partial charge on any atom is -0.365 e. The fourth-order valence-corrected chi connectivity index (χ4v) is 2.31. The first kappa shape index (κ1) is 15.6. The number of hydrogen-bond donors (Lipinski definition) is 2. The van der Waals surface area contributed by atoms with E-state index in [1.807, 2.05) is 12.1 Å². The van der Waals surface area contributed by atoms with Gasteiger partial charge in [0.2, 0.25) is 0 Å². The lowest BCUT2D eigenvalue weighted by atomic mass is 10.1. The average molecular weight is 322 g/mol. The van der Waals surface area contributed by atoms with E-state index in [0.717, 1.165) is 11.1 Å². The molecule has 0 spiro atoms. The van der Waals surface area contributed by atoms with Gasteiger partial charge in [-0.1, -0.05) is 12.1 Å². The molecule has 1 aromatic carbocycles. The van der Waals surface area contributed by atoms with Gasteiger partial charge in [0.05, 0.1) is 11.3 Å². The molecule has 0 radical (unpaired) electrons. The molecule has 0 saturated carbocycles. The number of anilines is 1. The Bertz CT molecular complexity index is 868. The predicted octanol–water partition coefficient (Wildman–Crippen LogP) is 2.99. The molecule has 0 aliphatic heterocycles. The van der Waals surface area contributed by atoms with Gasteiger partial charge in [-0.3, -0.25) is 9.78 Å². The zero-order valence-electron chi connectivity index (χ0n) is 12.7. The Labute approximate surface area is 138 Å². The van der Waals surface area contributed by atoms with Crippen LogP contribution in [0.2, 0.25) is 0 Å². The second-order valence-electron chi connectivity index (χ2n) is 5.18. The molecule has 2 heterocycles. The molecule has 3 aromatic rings. The highest BCUT2D eigenvalue weighted by Crippen LogP contribution is 2.21. The van der Waals surface area contributed by atoms with E-state index >= 15 is 0 Å². The van der Waals surface area contributed by atoms with Crippen molar-refractivity contribution < 1.29 is 9.18 Å². The number of pyridine rings is 2. The number of nitrogens with two attached hydrogens (primary N) is 1. The Morgan fingerprint density at radius 3 is 2.62 bits per heavy atom. The maximum absolute atomic E-state index is 13.3. The predicted molar refractivity (Wildman–Crippen MR) is 89.7 cm³/mol. The van der Waals surface area contributed by atoms with Crippen molar-refractivity contribution in [3.63, 3.8) is 0 Å². The lowest BCUT2D eigenvalue weighted by Gasteiger charge is -2.11. The molecule has 0 bridgehead atoms. The average Bonchev–Trinajstić information content (AvgIpc) is 2.60. The van der Waals surface area contributed by atoms with Gasteiger partial charge in [-0.15, -0.1) is 0 Å².